The van der Waals surface area contributed by atoms with E-state index in [0.29, 0.717) is 0 Å². The van der Waals surface area contributed by atoms with Crippen LogP contribution in [0.5, 0.6) is 0 Å². The van der Waals surface area contributed by atoms with Gasteiger partial charge in [-0.2, -0.15) is 0 Å². The Hall–Kier alpha value is -2.16. The molecule has 0 aliphatic carbocycles. The van der Waals surface area contributed by atoms with Gasteiger partial charge in [-0.1, -0.05) is 24.3 Å². The van der Waals surface area contributed by atoms with Crippen LogP contribution in [0.3, 0.4) is 0 Å². The second kappa shape index (κ2) is 5.08. The lowest BCUT2D eigenvalue weighted by Gasteiger charge is -2.26. The van der Waals surface area contributed by atoms with Crippen LogP contribution in [0.2, 0.25) is 0 Å². The van der Waals surface area contributed by atoms with Crippen LogP contribution in [-0.4, -0.2) is 6.54 Å². The smallest absolute Gasteiger partial charge is 0.123 e. The van der Waals surface area contributed by atoms with Crippen molar-refractivity contribution in [3.8, 4) is 0 Å². The van der Waals surface area contributed by atoms with Gasteiger partial charge in [0, 0.05) is 12.2 Å². The fraction of sp³-hybridized carbons (Fsp3) is 0.176. The monoisotopic (exact) mass is 271 g/mol. The number of hydrogen-bond donors (Lipinski definition) is 0. The molecule has 0 spiro atoms. The maximum atomic E-state index is 13.0. The maximum absolute atomic E-state index is 13.0. The standard InChI is InChI=1S/C17H15F2N/c1-12-10-17(13-2-4-14(18)5-3-13)20(11-12)16-8-6-15(19)7-9-16/h2-9,17H,1,10-11H2/t17-/m1/s1. The molecule has 0 saturated carbocycles. The van der Waals surface area contributed by atoms with Crippen molar-refractivity contribution in [1.29, 1.82) is 0 Å². The van der Waals surface area contributed by atoms with Gasteiger partial charge >= 0.3 is 0 Å². The Kier molecular flexibility index (Phi) is 3.26. The van der Waals surface area contributed by atoms with Gasteiger partial charge in [0.1, 0.15) is 11.6 Å². The summed E-state index contributed by atoms with van der Waals surface area (Å²) in [6, 6.07) is 13.1. The van der Waals surface area contributed by atoms with Crippen LogP contribution in [0.1, 0.15) is 18.0 Å². The van der Waals surface area contributed by atoms with Crippen molar-refractivity contribution < 1.29 is 8.78 Å². The summed E-state index contributed by atoms with van der Waals surface area (Å²) in [5.74, 6) is -0.482. The average molecular weight is 271 g/mol. The Balaban J connectivity index is 1.94. The van der Waals surface area contributed by atoms with Crippen molar-refractivity contribution in [3.63, 3.8) is 0 Å². The van der Waals surface area contributed by atoms with Crippen LogP contribution >= 0.6 is 0 Å². The third-order valence-electron chi connectivity index (χ3n) is 3.67. The molecular formula is C17H15F2N. The highest BCUT2D eigenvalue weighted by Gasteiger charge is 2.28. The summed E-state index contributed by atoms with van der Waals surface area (Å²) < 4.78 is 26.1. The van der Waals surface area contributed by atoms with Gasteiger partial charge in [0.15, 0.2) is 0 Å². The zero-order valence-electron chi connectivity index (χ0n) is 11.0. The van der Waals surface area contributed by atoms with Crippen molar-refractivity contribution in [2.75, 3.05) is 11.4 Å². The summed E-state index contributed by atoms with van der Waals surface area (Å²) in [5.41, 5.74) is 3.14. The molecule has 0 radical (unpaired) electrons. The molecule has 1 nitrogen and oxygen atoms in total. The van der Waals surface area contributed by atoms with Crippen molar-refractivity contribution >= 4 is 5.69 Å². The number of anilines is 1. The van der Waals surface area contributed by atoms with Gasteiger partial charge in [0.05, 0.1) is 6.04 Å². The molecule has 0 N–H and O–H groups in total. The van der Waals surface area contributed by atoms with E-state index in [2.05, 4.69) is 11.5 Å². The number of rotatable bonds is 2. The zero-order valence-corrected chi connectivity index (χ0v) is 11.0. The predicted molar refractivity (Wildman–Crippen MR) is 76.6 cm³/mol. The minimum Gasteiger partial charge on any atom is -0.360 e. The molecular weight excluding hydrogens is 256 g/mol. The minimum atomic E-state index is -0.245. The molecule has 0 bridgehead atoms. The Labute approximate surface area is 117 Å². The molecule has 2 aromatic rings. The first-order valence-corrected chi connectivity index (χ1v) is 6.58. The molecule has 20 heavy (non-hydrogen) atoms. The van der Waals surface area contributed by atoms with E-state index in [4.69, 9.17) is 0 Å². The first-order valence-electron chi connectivity index (χ1n) is 6.58. The van der Waals surface area contributed by atoms with Gasteiger partial charge in [-0.25, -0.2) is 8.78 Å². The molecule has 102 valence electrons. The first kappa shape index (κ1) is 12.9. The lowest BCUT2D eigenvalue weighted by Crippen LogP contribution is -2.22. The van der Waals surface area contributed by atoms with E-state index in [9.17, 15) is 8.78 Å². The van der Waals surface area contributed by atoms with Crippen LogP contribution in [0.15, 0.2) is 60.7 Å². The molecule has 3 heteroatoms. The van der Waals surface area contributed by atoms with E-state index in [-0.39, 0.29) is 17.7 Å². The Morgan fingerprint density at radius 3 is 2.05 bits per heavy atom. The van der Waals surface area contributed by atoms with Crippen LogP contribution in [0, 0.1) is 11.6 Å². The van der Waals surface area contributed by atoms with Crippen molar-refractivity contribution in [3.05, 3.63) is 77.9 Å². The number of hydrogen-bond acceptors (Lipinski definition) is 1. The Morgan fingerprint density at radius 2 is 1.45 bits per heavy atom. The minimum absolute atomic E-state index is 0.133. The largest absolute Gasteiger partial charge is 0.360 e. The number of benzene rings is 2. The fourth-order valence-corrected chi connectivity index (χ4v) is 2.69. The highest BCUT2D eigenvalue weighted by molar-refractivity contribution is 5.53. The summed E-state index contributed by atoms with van der Waals surface area (Å²) in [6.07, 6.45) is 0.836. The highest BCUT2D eigenvalue weighted by atomic mass is 19.1. The van der Waals surface area contributed by atoms with Crippen LogP contribution in [0.4, 0.5) is 14.5 Å². The zero-order chi connectivity index (χ0) is 14.1. The average Bonchev–Trinajstić information content (AvgIpc) is 2.82. The highest BCUT2D eigenvalue weighted by Crippen LogP contribution is 2.38. The molecule has 1 saturated heterocycles. The molecule has 2 aromatic carbocycles. The van der Waals surface area contributed by atoms with Crippen molar-refractivity contribution in [2.24, 2.45) is 0 Å². The summed E-state index contributed by atoms with van der Waals surface area (Å²) in [7, 11) is 0. The predicted octanol–water partition coefficient (Wildman–Crippen LogP) is 4.47. The maximum Gasteiger partial charge on any atom is 0.123 e. The molecule has 1 aliphatic rings. The molecule has 3 rings (SSSR count). The van der Waals surface area contributed by atoms with Gasteiger partial charge in [-0.15, -0.1) is 0 Å². The fourth-order valence-electron chi connectivity index (χ4n) is 2.69. The third-order valence-corrected chi connectivity index (χ3v) is 3.67. The molecule has 0 unspecified atom stereocenters. The summed E-state index contributed by atoms with van der Waals surface area (Å²) in [4.78, 5) is 2.18. The number of nitrogens with zero attached hydrogens (tertiary/aromatic N) is 1. The lowest BCUT2D eigenvalue weighted by molar-refractivity contribution is 0.623. The summed E-state index contributed by atoms with van der Waals surface area (Å²) in [6.45, 7) is 4.79. The molecule has 1 aliphatic heterocycles. The van der Waals surface area contributed by atoms with Crippen molar-refractivity contribution in [1.82, 2.24) is 0 Å². The number of halogens is 2. The van der Waals surface area contributed by atoms with E-state index in [1.165, 1.54) is 24.3 Å². The van der Waals surface area contributed by atoms with Crippen LogP contribution in [0.25, 0.3) is 0 Å². The SMILES string of the molecule is C=C1C[C@H](c2ccc(F)cc2)N(c2ccc(F)cc2)C1. The van der Waals surface area contributed by atoms with Crippen LogP contribution < -0.4 is 4.90 Å². The molecule has 0 amide bonds. The summed E-state index contributed by atoms with van der Waals surface area (Å²) >= 11 is 0. The normalized spacial score (nSPS) is 18.6. The van der Waals surface area contributed by atoms with E-state index in [1.807, 2.05) is 0 Å². The van der Waals surface area contributed by atoms with Gasteiger partial charge in [-0.3, -0.25) is 0 Å². The van der Waals surface area contributed by atoms with E-state index in [0.717, 1.165) is 29.8 Å². The molecule has 1 fully saturated rings. The lowest BCUT2D eigenvalue weighted by atomic mass is 10.0. The van der Waals surface area contributed by atoms with E-state index >= 15 is 0 Å². The Bertz CT molecular complexity index is 561. The van der Waals surface area contributed by atoms with E-state index < -0.39 is 0 Å². The van der Waals surface area contributed by atoms with Gasteiger partial charge < -0.3 is 4.90 Å². The van der Waals surface area contributed by atoms with Gasteiger partial charge in [0.25, 0.3) is 0 Å². The van der Waals surface area contributed by atoms with Gasteiger partial charge in [-0.05, 0) is 48.4 Å². The first-order chi connectivity index (χ1) is 9.63. The topological polar surface area (TPSA) is 3.24 Å². The van der Waals surface area contributed by atoms with Crippen molar-refractivity contribution in [2.45, 2.75) is 12.5 Å². The third kappa shape index (κ3) is 2.44. The molecule has 1 atom stereocenters. The second-order valence-electron chi connectivity index (χ2n) is 5.13. The quantitative estimate of drug-likeness (QED) is 0.728. The summed E-state index contributed by atoms with van der Waals surface area (Å²) in [5, 5.41) is 0. The van der Waals surface area contributed by atoms with E-state index in [1.54, 1.807) is 24.3 Å². The molecule has 0 aromatic heterocycles. The Morgan fingerprint density at radius 1 is 0.900 bits per heavy atom. The van der Waals surface area contributed by atoms with Crippen LogP contribution in [-0.2, 0) is 0 Å². The van der Waals surface area contributed by atoms with Gasteiger partial charge in [0.2, 0.25) is 0 Å². The molecule has 1 heterocycles. The second-order valence-corrected chi connectivity index (χ2v) is 5.13.